The quantitative estimate of drug-likeness (QED) is 0.909. The van der Waals surface area contributed by atoms with Crippen LogP contribution in [0, 0.1) is 0 Å². The molecule has 2 rings (SSSR count). The van der Waals surface area contributed by atoms with Gasteiger partial charge in [-0.2, -0.15) is 11.8 Å². The van der Waals surface area contributed by atoms with Gasteiger partial charge in [-0.15, -0.1) is 0 Å². The summed E-state index contributed by atoms with van der Waals surface area (Å²) in [4.78, 5) is 7.04. The van der Waals surface area contributed by atoms with Crippen molar-refractivity contribution in [3.63, 3.8) is 0 Å². The Kier molecular flexibility index (Phi) is 4.17. The van der Waals surface area contributed by atoms with E-state index >= 15 is 0 Å². The first kappa shape index (κ1) is 13.7. The Morgan fingerprint density at radius 1 is 1.50 bits per heavy atom. The van der Waals surface area contributed by atoms with Crippen molar-refractivity contribution in [2.75, 3.05) is 30.8 Å². The summed E-state index contributed by atoms with van der Waals surface area (Å²) in [5.74, 6) is 2.32. The molecule has 0 bridgehead atoms. The van der Waals surface area contributed by atoms with Crippen LogP contribution in [-0.4, -0.2) is 35.6 Å². The molecule has 2 heterocycles. The van der Waals surface area contributed by atoms with E-state index in [-0.39, 0.29) is 0 Å². The standard InChI is InChI=1S/C14H23N3S/c1-11(15-4)12-6-5-7-16-13(12)17-8-9-18-14(2,3)10-17/h5-7,11,15H,8-10H2,1-4H3. The maximum Gasteiger partial charge on any atom is 0.133 e. The molecular weight excluding hydrogens is 242 g/mol. The van der Waals surface area contributed by atoms with Crippen LogP contribution in [0.5, 0.6) is 0 Å². The average molecular weight is 265 g/mol. The molecule has 1 aliphatic rings. The predicted octanol–water partition coefficient (Wildman–Crippen LogP) is 2.69. The molecule has 0 aromatic carbocycles. The largest absolute Gasteiger partial charge is 0.354 e. The molecule has 0 radical (unpaired) electrons. The predicted molar refractivity (Wildman–Crippen MR) is 80.5 cm³/mol. The Hall–Kier alpha value is -0.740. The number of thioether (sulfide) groups is 1. The molecule has 3 nitrogen and oxygen atoms in total. The lowest BCUT2D eigenvalue weighted by Crippen LogP contribution is -2.44. The van der Waals surface area contributed by atoms with Crippen LogP contribution in [0.2, 0.25) is 0 Å². The van der Waals surface area contributed by atoms with Crippen molar-refractivity contribution < 1.29 is 0 Å². The first-order valence-corrected chi connectivity index (χ1v) is 7.53. The van der Waals surface area contributed by atoms with Gasteiger partial charge in [-0.3, -0.25) is 0 Å². The molecule has 1 N–H and O–H groups in total. The maximum absolute atomic E-state index is 4.61. The highest BCUT2D eigenvalue weighted by atomic mass is 32.2. The highest BCUT2D eigenvalue weighted by molar-refractivity contribution is 8.00. The fourth-order valence-electron chi connectivity index (χ4n) is 2.36. The number of hydrogen-bond acceptors (Lipinski definition) is 4. The molecule has 1 unspecified atom stereocenters. The van der Waals surface area contributed by atoms with E-state index in [1.54, 1.807) is 0 Å². The Bertz CT molecular complexity index is 406. The molecule has 1 fully saturated rings. The minimum absolute atomic E-state index is 0.315. The lowest BCUT2D eigenvalue weighted by atomic mass is 10.1. The van der Waals surface area contributed by atoms with Crippen molar-refractivity contribution in [1.29, 1.82) is 0 Å². The second-order valence-electron chi connectivity index (χ2n) is 5.46. The van der Waals surface area contributed by atoms with Crippen LogP contribution in [0.25, 0.3) is 0 Å². The molecule has 100 valence electrons. The molecule has 0 amide bonds. The van der Waals surface area contributed by atoms with Crippen molar-refractivity contribution in [3.05, 3.63) is 23.9 Å². The summed E-state index contributed by atoms with van der Waals surface area (Å²) in [5.41, 5.74) is 1.29. The van der Waals surface area contributed by atoms with Gasteiger partial charge in [-0.05, 0) is 33.9 Å². The van der Waals surface area contributed by atoms with Gasteiger partial charge in [0.25, 0.3) is 0 Å². The van der Waals surface area contributed by atoms with E-state index in [1.807, 2.05) is 19.3 Å². The van der Waals surface area contributed by atoms with Crippen LogP contribution in [-0.2, 0) is 0 Å². The lowest BCUT2D eigenvalue weighted by Gasteiger charge is -2.39. The summed E-state index contributed by atoms with van der Waals surface area (Å²) in [7, 11) is 2.00. The summed E-state index contributed by atoms with van der Waals surface area (Å²) in [5, 5.41) is 3.31. The summed E-state index contributed by atoms with van der Waals surface area (Å²) in [6, 6.07) is 4.54. The van der Waals surface area contributed by atoms with Crippen molar-refractivity contribution in [1.82, 2.24) is 10.3 Å². The first-order chi connectivity index (χ1) is 8.53. The lowest BCUT2D eigenvalue weighted by molar-refractivity contribution is 0.617. The van der Waals surface area contributed by atoms with Gasteiger partial charge in [0.05, 0.1) is 0 Å². The highest BCUT2D eigenvalue weighted by Gasteiger charge is 2.29. The van der Waals surface area contributed by atoms with Crippen LogP contribution in [0.4, 0.5) is 5.82 Å². The van der Waals surface area contributed by atoms with Crippen molar-refractivity contribution in [2.24, 2.45) is 0 Å². The van der Waals surface area contributed by atoms with Gasteiger partial charge in [0, 0.05) is 41.4 Å². The van der Waals surface area contributed by atoms with E-state index in [1.165, 1.54) is 11.3 Å². The molecule has 1 aliphatic heterocycles. The van der Waals surface area contributed by atoms with Gasteiger partial charge < -0.3 is 10.2 Å². The van der Waals surface area contributed by atoms with E-state index in [2.05, 4.69) is 53.8 Å². The number of aromatic nitrogens is 1. The molecule has 0 saturated carbocycles. The zero-order valence-corrected chi connectivity index (χ0v) is 12.5. The topological polar surface area (TPSA) is 28.2 Å². The number of nitrogens with zero attached hydrogens (tertiary/aromatic N) is 2. The van der Waals surface area contributed by atoms with Gasteiger partial charge in [-0.25, -0.2) is 4.98 Å². The van der Waals surface area contributed by atoms with Gasteiger partial charge >= 0.3 is 0 Å². The molecule has 0 aliphatic carbocycles. The number of rotatable bonds is 3. The fraction of sp³-hybridized carbons (Fsp3) is 0.643. The third kappa shape index (κ3) is 2.98. The highest BCUT2D eigenvalue weighted by Crippen LogP contribution is 2.33. The van der Waals surface area contributed by atoms with Crippen LogP contribution in [0.3, 0.4) is 0 Å². The van der Waals surface area contributed by atoms with Gasteiger partial charge in [0.2, 0.25) is 0 Å². The monoisotopic (exact) mass is 265 g/mol. The summed E-state index contributed by atoms with van der Waals surface area (Å²) < 4.78 is 0.315. The minimum Gasteiger partial charge on any atom is -0.354 e. The van der Waals surface area contributed by atoms with Crippen LogP contribution < -0.4 is 10.2 Å². The van der Waals surface area contributed by atoms with Gasteiger partial charge in [0.1, 0.15) is 5.82 Å². The Balaban J connectivity index is 2.27. The molecule has 1 saturated heterocycles. The first-order valence-electron chi connectivity index (χ1n) is 6.54. The smallest absolute Gasteiger partial charge is 0.133 e. The molecule has 1 atom stereocenters. The van der Waals surface area contributed by atoms with E-state index in [4.69, 9.17) is 0 Å². The molecule has 4 heteroatoms. The van der Waals surface area contributed by atoms with Crippen LogP contribution in [0.15, 0.2) is 18.3 Å². The Labute approximate surface area is 114 Å². The van der Waals surface area contributed by atoms with Crippen molar-refractivity contribution >= 4 is 17.6 Å². The summed E-state index contributed by atoms with van der Waals surface area (Å²) in [6.45, 7) is 8.97. The molecule has 18 heavy (non-hydrogen) atoms. The van der Waals surface area contributed by atoms with Gasteiger partial charge in [0.15, 0.2) is 0 Å². The fourth-order valence-corrected chi connectivity index (χ4v) is 3.48. The van der Waals surface area contributed by atoms with Crippen molar-refractivity contribution in [3.8, 4) is 0 Å². The second kappa shape index (κ2) is 5.49. The van der Waals surface area contributed by atoms with E-state index in [0.29, 0.717) is 10.8 Å². The number of pyridine rings is 1. The van der Waals surface area contributed by atoms with Gasteiger partial charge in [-0.1, -0.05) is 6.07 Å². The molecular formula is C14H23N3S. The maximum atomic E-state index is 4.61. The zero-order valence-electron chi connectivity index (χ0n) is 11.7. The second-order valence-corrected chi connectivity index (χ2v) is 7.26. The third-order valence-electron chi connectivity index (χ3n) is 3.44. The van der Waals surface area contributed by atoms with Crippen molar-refractivity contribution in [2.45, 2.75) is 31.6 Å². The Morgan fingerprint density at radius 3 is 2.94 bits per heavy atom. The average Bonchev–Trinajstić information content (AvgIpc) is 2.36. The van der Waals surface area contributed by atoms with E-state index < -0.39 is 0 Å². The molecule has 0 spiro atoms. The number of hydrogen-bond donors (Lipinski definition) is 1. The molecule has 1 aromatic heterocycles. The van der Waals surface area contributed by atoms with E-state index in [0.717, 1.165) is 18.9 Å². The molecule has 1 aromatic rings. The number of nitrogens with one attached hydrogen (secondary N) is 1. The summed E-state index contributed by atoms with van der Waals surface area (Å²) >= 11 is 2.05. The third-order valence-corrected chi connectivity index (χ3v) is 4.74. The van der Waals surface area contributed by atoms with Crippen LogP contribution in [0.1, 0.15) is 32.4 Å². The summed E-state index contributed by atoms with van der Waals surface area (Å²) in [6.07, 6.45) is 1.90. The minimum atomic E-state index is 0.315. The van der Waals surface area contributed by atoms with E-state index in [9.17, 15) is 0 Å². The zero-order chi connectivity index (χ0) is 13.2. The Morgan fingerprint density at radius 2 is 2.28 bits per heavy atom. The normalized spacial score (nSPS) is 20.8. The van der Waals surface area contributed by atoms with Crippen LogP contribution >= 0.6 is 11.8 Å². The SMILES string of the molecule is CNC(C)c1cccnc1N1CCSC(C)(C)C1. The number of anilines is 1.